The maximum Gasteiger partial charge on any atom is 0.379 e. The molecule has 4 rings (SSSR count). The molecule has 0 radical (unpaired) electrons. The molecule has 1 aromatic carbocycles. The molecule has 7 nitrogen and oxygen atoms in total. The number of amides is 1. The number of carbonyl (C=O) groups is 2. The van der Waals surface area contributed by atoms with Crippen LogP contribution in [0.3, 0.4) is 0 Å². The number of furan rings is 1. The largest absolute Gasteiger partial charge is 0.453 e. The number of carbonyl (C=O) groups excluding carboxylic acids is 2. The van der Waals surface area contributed by atoms with E-state index in [4.69, 9.17) is 9.15 Å². The summed E-state index contributed by atoms with van der Waals surface area (Å²) in [6.07, 6.45) is 6.14. The summed E-state index contributed by atoms with van der Waals surface area (Å²) in [4.78, 5) is 29.2. The number of nitrogens with one attached hydrogen (secondary N) is 1. The quantitative estimate of drug-likeness (QED) is 0.305. The molecule has 2 heterocycles. The number of aromatic nitrogens is 1. The normalized spacial score (nSPS) is 14.2. The Morgan fingerprint density at radius 3 is 2.72 bits per heavy atom. The van der Waals surface area contributed by atoms with Gasteiger partial charge in [-0.2, -0.15) is 5.10 Å². The second-order valence-electron chi connectivity index (χ2n) is 7.49. The van der Waals surface area contributed by atoms with Crippen LogP contribution in [0.25, 0.3) is 0 Å². The zero-order valence-electron chi connectivity index (χ0n) is 17.8. The Morgan fingerprint density at radius 1 is 1.22 bits per heavy atom. The van der Waals surface area contributed by atoms with E-state index in [2.05, 4.69) is 38.4 Å². The first-order valence-electron chi connectivity index (χ1n) is 10.4. The summed E-state index contributed by atoms with van der Waals surface area (Å²) in [7, 11) is 0. The minimum absolute atomic E-state index is 0.159. The number of hydrogen-bond donors (Lipinski definition) is 1. The Balaban J connectivity index is 1.54. The Labute approximate surface area is 194 Å². The Kier molecular flexibility index (Phi) is 6.50. The highest BCUT2D eigenvalue weighted by molar-refractivity contribution is 9.10. The molecular formula is C24H22BrN3O4. The van der Waals surface area contributed by atoms with E-state index >= 15 is 0 Å². The van der Waals surface area contributed by atoms with E-state index in [9.17, 15) is 9.59 Å². The van der Waals surface area contributed by atoms with Gasteiger partial charge in [0.15, 0.2) is 0 Å². The zero-order valence-corrected chi connectivity index (χ0v) is 19.4. The summed E-state index contributed by atoms with van der Waals surface area (Å²) in [5, 5.41) is 4.33. The predicted molar refractivity (Wildman–Crippen MR) is 123 cm³/mol. The first-order valence-corrected chi connectivity index (χ1v) is 11.2. The number of nitrogens with zero attached hydrogens (tertiary/aromatic N) is 2. The van der Waals surface area contributed by atoms with Crippen molar-refractivity contribution in [2.24, 2.45) is 5.10 Å². The summed E-state index contributed by atoms with van der Waals surface area (Å²) in [6, 6.07) is 9.06. The number of benzene rings is 1. The fraction of sp³-hybridized carbons (Fsp3) is 0.250. The van der Waals surface area contributed by atoms with E-state index in [1.54, 1.807) is 31.3 Å². The summed E-state index contributed by atoms with van der Waals surface area (Å²) >= 11 is 3.30. The van der Waals surface area contributed by atoms with Gasteiger partial charge >= 0.3 is 5.97 Å². The van der Waals surface area contributed by atoms with Gasteiger partial charge in [-0.3, -0.25) is 9.78 Å². The van der Waals surface area contributed by atoms with Crippen molar-refractivity contribution in [1.29, 1.82) is 0 Å². The molecule has 0 aliphatic heterocycles. The van der Waals surface area contributed by atoms with Crippen LogP contribution in [-0.2, 0) is 12.8 Å². The molecule has 0 saturated carbocycles. The second kappa shape index (κ2) is 9.48. The first-order chi connectivity index (χ1) is 15.5. The van der Waals surface area contributed by atoms with Gasteiger partial charge in [0.05, 0.1) is 11.3 Å². The molecule has 0 fully saturated rings. The van der Waals surface area contributed by atoms with E-state index in [1.807, 2.05) is 12.1 Å². The minimum Gasteiger partial charge on any atom is -0.453 e. The van der Waals surface area contributed by atoms with E-state index < -0.39 is 5.97 Å². The van der Waals surface area contributed by atoms with Gasteiger partial charge in [0.1, 0.15) is 11.5 Å². The lowest BCUT2D eigenvalue weighted by molar-refractivity contribution is 0.0698. The van der Waals surface area contributed by atoms with Crippen LogP contribution in [0.1, 0.15) is 63.1 Å². The third kappa shape index (κ3) is 4.65. The van der Waals surface area contributed by atoms with Crippen molar-refractivity contribution in [1.82, 2.24) is 10.4 Å². The number of esters is 1. The van der Waals surface area contributed by atoms with E-state index in [0.717, 1.165) is 24.0 Å². The summed E-state index contributed by atoms with van der Waals surface area (Å²) < 4.78 is 12.1. The van der Waals surface area contributed by atoms with Crippen LogP contribution in [0.4, 0.5) is 0 Å². The van der Waals surface area contributed by atoms with Gasteiger partial charge in [-0.25, -0.2) is 10.2 Å². The minimum atomic E-state index is -0.551. The second-order valence-corrected chi connectivity index (χ2v) is 8.40. The molecule has 0 saturated heterocycles. The maximum atomic E-state index is 12.8. The average molecular weight is 496 g/mol. The molecule has 0 spiro atoms. The predicted octanol–water partition coefficient (Wildman–Crippen LogP) is 5.00. The molecule has 1 aliphatic carbocycles. The van der Waals surface area contributed by atoms with Crippen LogP contribution in [-0.4, -0.2) is 22.6 Å². The van der Waals surface area contributed by atoms with E-state index in [1.165, 1.54) is 6.20 Å². The molecule has 164 valence electrons. The van der Waals surface area contributed by atoms with Crippen LogP contribution in [0.15, 0.2) is 56.7 Å². The lowest BCUT2D eigenvalue weighted by atomic mass is 9.93. The molecule has 0 bridgehead atoms. The van der Waals surface area contributed by atoms with Crippen LogP contribution >= 0.6 is 15.9 Å². The van der Waals surface area contributed by atoms with Crippen molar-refractivity contribution in [2.75, 3.05) is 0 Å². The van der Waals surface area contributed by atoms with Crippen LogP contribution in [0.2, 0.25) is 0 Å². The van der Waals surface area contributed by atoms with Crippen molar-refractivity contribution < 1.29 is 18.7 Å². The highest BCUT2D eigenvalue weighted by Crippen LogP contribution is 2.30. The highest BCUT2D eigenvalue weighted by Gasteiger charge is 2.29. The average Bonchev–Trinajstić information content (AvgIpc) is 3.15. The number of rotatable bonds is 5. The van der Waals surface area contributed by atoms with Crippen LogP contribution < -0.4 is 10.2 Å². The zero-order chi connectivity index (χ0) is 22.7. The topological polar surface area (TPSA) is 93.8 Å². The van der Waals surface area contributed by atoms with Gasteiger partial charge in [-0.05, 0) is 65.9 Å². The molecule has 3 aromatic rings. The SMILES string of the molecule is CCc1ccc(OC(=O)c2oc3c(c2C)/C(=N/NC(=O)c2cncc(Br)c2)CCC3)cc1. The lowest BCUT2D eigenvalue weighted by Crippen LogP contribution is -2.22. The van der Waals surface area contributed by atoms with Crippen molar-refractivity contribution in [2.45, 2.75) is 39.5 Å². The molecule has 1 amide bonds. The molecule has 2 aromatic heterocycles. The van der Waals surface area contributed by atoms with E-state index in [0.29, 0.717) is 45.7 Å². The Hall–Kier alpha value is -3.26. The highest BCUT2D eigenvalue weighted by atomic mass is 79.9. The fourth-order valence-electron chi connectivity index (χ4n) is 3.64. The van der Waals surface area contributed by atoms with Gasteiger partial charge in [-0.1, -0.05) is 19.1 Å². The van der Waals surface area contributed by atoms with Crippen molar-refractivity contribution in [3.05, 3.63) is 81.0 Å². The third-order valence-electron chi connectivity index (χ3n) is 5.31. The first kappa shape index (κ1) is 22.0. The molecule has 1 N–H and O–H groups in total. The lowest BCUT2D eigenvalue weighted by Gasteiger charge is -2.13. The Bertz CT molecular complexity index is 1200. The summed E-state index contributed by atoms with van der Waals surface area (Å²) in [6.45, 7) is 3.87. The van der Waals surface area contributed by atoms with Gasteiger partial charge in [-0.15, -0.1) is 0 Å². The Morgan fingerprint density at radius 2 is 2.00 bits per heavy atom. The van der Waals surface area contributed by atoms with Gasteiger partial charge in [0.25, 0.3) is 5.91 Å². The van der Waals surface area contributed by atoms with E-state index in [-0.39, 0.29) is 11.7 Å². The number of hydrogen-bond acceptors (Lipinski definition) is 6. The van der Waals surface area contributed by atoms with Crippen molar-refractivity contribution in [3.63, 3.8) is 0 Å². The molecule has 0 unspecified atom stereocenters. The number of aryl methyl sites for hydroxylation is 2. The van der Waals surface area contributed by atoms with Gasteiger partial charge < -0.3 is 9.15 Å². The number of halogens is 1. The van der Waals surface area contributed by atoms with Gasteiger partial charge in [0, 0.05) is 34.4 Å². The molecular weight excluding hydrogens is 474 g/mol. The smallest absolute Gasteiger partial charge is 0.379 e. The monoisotopic (exact) mass is 495 g/mol. The van der Waals surface area contributed by atoms with Crippen molar-refractivity contribution in [3.8, 4) is 5.75 Å². The van der Waals surface area contributed by atoms with Gasteiger partial charge in [0.2, 0.25) is 5.76 Å². The molecule has 1 aliphatic rings. The fourth-order valence-corrected chi connectivity index (χ4v) is 4.01. The number of fused-ring (bicyclic) bond motifs is 1. The van der Waals surface area contributed by atoms with Crippen molar-refractivity contribution >= 4 is 33.5 Å². The maximum absolute atomic E-state index is 12.8. The number of pyridine rings is 1. The number of hydrazone groups is 1. The number of ether oxygens (including phenoxy) is 1. The summed E-state index contributed by atoms with van der Waals surface area (Å²) in [5.41, 5.74) is 6.23. The van der Waals surface area contributed by atoms with Crippen LogP contribution in [0.5, 0.6) is 5.75 Å². The standard InChI is InChI=1S/C24H22BrN3O4/c1-3-15-7-9-18(10-8-15)31-24(30)22-14(2)21-19(5-4-6-20(21)32-22)27-28-23(29)16-11-17(25)13-26-12-16/h7-13H,3-6H2,1-2H3,(H,28,29)/b27-19+. The van der Waals surface area contributed by atoms with Crippen LogP contribution in [0, 0.1) is 6.92 Å². The molecule has 0 atom stereocenters. The summed E-state index contributed by atoms with van der Waals surface area (Å²) in [5.74, 6) is 0.384. The third-order valence-corrected chi connectivity index (χ3v) is 5.75. The molecule has 32 heavy (non-hydrogen) atoms. The molecule has 8 heteroatoms.